The van der Waals surface area contributed by atoms with Gasteiger partial charge in [-0.25, -0.2) is 4.79 Å². The van der Waals surface area contributed by atoms with E-state index in [4.69, 9.17) is 5.11 Å². The molecule has 1 aliphatic carbocycles. The van der Waals surface area contributed by atoms with Gasteiger partial charge in [-0.15, -0.1) is 0 Å². The fraction of sp³-hybridized carbons (Fsp3) is 0.588. The summed E-state index contributed by atoms with van der Waals surface area (Å²) in [4.78, 5) is 10.8. The lowest BCUT2D eigenvalue weighted by atomic mass is 9.62. The van der Waals surface area contributed by atoms with Gasteiger partial charge in [0.05, 0.1) is 0 Å². The molecule has 0 spiro atoms. The smallest absolute Gasteiger partial charge is 0.327 e. The van der Waals surface area contributed by atoms with Gasteiger partial charge in [-0.1, -0.05) is 58.9 Å². The van der Waals surface area contributed by atoms with Crippen molar-refractivity contribution in [3.63, 3.8) is 0 Å². The SMILES string of the molecule is CCC1(C(C)C)C=C(C(C)C)C=CC1/C=C/C(=O)O. The van der Waals surface area contributed by atoms with Crippen molar-refractivity contribution in [2.24, 2.45) is 23.2 Å². The van der Waals surface area contributed by atoms with Gasteiger partial charge in [-0.05, 0) is 23.8 Å². The summed E-state index contributed by atoms with van der Waals surface area (Å²) in [5.74, 6) is 0.266. The number of rotatable bonds is 5. The lowest BCUT2D eigenvalue weighted by molar-refractivity contribution is -0.131. The maximum Gasteiger partial charge on any atom is 0.327 e. The average molecular weight is 262 g/mol. The highest BCUT2D eigenvalue weighted by Crippen LogP contribution is 2.46. The maximum absolute atomic E-state index is 10.8. The van der Waals surface area contributed by atoms with E-state index >= 15 is 0 Å². The molecular formula is C17H26O2. The number of carbonyl (C=O) groups is 1. The topological polar surface area (TPSA) is 37.3 Å². The molecule has 0 bridgehead atoms. The van der Waals surface area contributed by atoms with Crippen molar-refractivity contribution in [2.45, 2.75) is 41.0 Å². The van der Waals surface area contributed by atoms with Gasteiger partial charge in [-0.2, -0.15) is 0 Å². The molecule has 2 heteroatoms. The molecule has 0 amide bonds. The van der Waals surface area contributed by atoms with Crippen LogP contribution in [0.1, 0.15) is 41.0 Å². The van der Waals surface area contributed by atoms with E-state index in [0.29, 0.717) is 11.8 Å². The first kappa shape index (κ1) is 15.7. The molecule has 19 heavy (non-hydrogen) atoms. The van der Waals surface area contributed by atoms with E-state index in [1.165, 1.54) is 11.6 Å². The normalized spacial score (nSPS) is 27.3. The van der Waals surface area contributed by atoms with E-state index in [9.17, 15) is 4.79 Å². The zero-order valence-corrected chi connectivity index (χ0v) is 12.7. The third-order valence-electron chi connectivity index (χ3n) is 4.35. The van der Waals surface area contributed by atoms with E-state index in [1.54, 1.807) is 0 Å². The Morgan fingerprint density at radius 1 is 1.42 bits per heavy atom. The molecule has 1 N–H and O–H groups in total. The highest BCUT2D eigenvalue weighted by atomic mass is 16.4. The van der Waals surface area contributed by atoms with Crippen LogP contribution in [0.3, 0.4) is 0 Å². The Hall–Kier alpha value is -1.31. The summed E-state index contributed by atoms with van der Waals surface area (Å²) in [6.07, 6.45) is 10.8. The van der Waals surface area contributed by atoms with Crippen LogP contribution in [0.2, 0.25) is 0 Å². The molecule has 0 saturated heterocycles. The number of allylic oxidation sites excluding steroid dienone is 5. The van der Waals surface area contributed by atoms with Gasteiger partial charge < -0.3 is 5.11 Å². The second-order valence-electron chi connectivity index (χ2n) is 6.00. The molecule has 0 aromatic rings. The van der Waals surface area contributed by atoms with Crippen LogP contribution in [0, 0.1) is 23.2 Å². The minimum Gasteiger partial charge on any atom is -0.478 e. The molecule has 0 saturated carbocycles. The van der Waals surface area contributed by atoms with E-state index in [2.05, 4.69) is 52.8 Å². The zero-order valence-electron chi connectivity index (χ0n) is 12.7. The number of hydrogen-bond donors (Lipinski definition) is 1. The summed E-state index contributed by atoms with van der Waals surface area (Å²) in [6.45, 7) is 11.0. The van der Waals surface area contributed by atoms with Crippen LogP contribution in [0.25, 0.3) is 0 Å². The van der Waals surface area contributed by atoms with E-state index in [0.717, 1.165) is 6.42 Å². The van der Waals surface area contributed by atoms with Crippen molar-refractivity contribution in [2.75, 3.05) is 0 Å². The molecule has 2 unspecified atom stereocenters. The molecule has 0 heterocycles. The summed E-state index contributed by atoms with van der Waals surface area (Å²) in [6, 6.07) is 0. The molecule has 106 valence electrons. The van der Waals surface area contributed by atoms with E-state index in [-0.39, 0.29) is 11.3 Å². The van der Waals surface area contributed by atoms with Gasteiger partial charge in [0.1, 0.15) is 0 Å². The van der Waals surface area contributed by atoms with Gasteiger partial charge in [0.15, 0.2) is 0 Å². The molecule has 0 radical (unpaired) electrons. The minimum absolute atomic E-state index is 0.0281. The molecule has 0 aliphatic heterocycles. The van der Waals surface area contributed by atoms with Crippen molar-refractivity contribution < 1.29 is 9.90 Å². The van der Waals surface area contributed by atoms with E-state index in [1.807, 2.05) is 6.08 Å². The summed E-state index contributed by atoms with van der Waals surface area (Å²) in [5.41, 5.74) is 1.39. The highest BCUT2D eigenvalue weighted by Gasteiger charge is 2.37. The lowest BCUT2D eigenvalue weighted by Crippen LogP contribution is -2.34. The fourth-order valence-electron chi connectivity index (χ4n) is 2.93. The number of aliphatic carboxylic acids is 1. The molecule has 0 aromatic heterocycles. The zero-order chi connectivity index (χ0) is 14.6. The molecule has 0 fully saturated rings. The molecule has 0 aromatic carbocycles. The van der Waals surface area contributed by atoms with Crippen molar-refractivity contribution in [3.05, 3.63) is 36.0 Å². The standard InChI is InChI=1S/C17H26O2/c1-6-17(13(4)5)11-14(12(2)3)7-8-15(17)9-10-16(18)19/h7-13,15H,6H2,1-5H3,(H,18,19)/b10-9+. The van der Waals surface area contributed by atoms with Crippen LogP contribution in [0.15, 0.2) is 36.0 Å². The third-order valence-corrected chi connectivity index (χ3v) is 4.35. The van der Waals surface area contributed by atoms with Crippen LogP contribution >= 0.6 is 0 Å². The highest BCUT2D eigenvalue weighted by molar-refractivity contribution is 5.79. The Kier molecular flexibility index (Phi) is 5.16. The molecular weight excluding hydrogens is 236 g/mol. The Balaban J connectivity index is 3.19. The quantitative estimate of drug-likeness (QED) is 0.743. The number of carboxylic acid groups (broad SMARTS) is 1. The fourth-order valence-corrected chi connectivity index (χ4v) is 2.93. The molecule has 2 nitrogen and oxygen atoms in total. The largest absolute Gasteiger partial charge is 0.478 e. The van der Waals surface area contributed by atoms with Crippen molar-refractivity contribution in [3.8, 4) is 0 Å². The van der Waals surface area contributed by atoms with Crippen LogP contribution in [0.4, 0.5) is 0 Å². The Morgan fingerprint density at radius 2 is 2.05 bits per heavy atom. The van der Waals surface area contributed by atoms with Gasteiger partial charge in [-0.3, -0.25) is 0 Å². The van der Waals surface area contributed by atoms with Gasteiger partial charge in [0, 0.05) is 17.4 Å². The van der Waals surface area contributed by atoms with Crippen molar-refractivity contribution in [1.29, 1.82) is 0 Å². The van der Waals surface area contributed by atoms with Crippen LogP contribution in [-0.4, -0.2) is 11.1 Å². The first-order valence-electron chi connectivity index (χ1n) is 7.15. The summed E-state index contributed by atoms with van der Waals surface area (Å²) < 4.78 is 0. The maximum atomic E-state index is 10.8. The van der Waals surface area contributed by atoms with Crippen LogP contribution in [0.5, 0.6) is 0 Å². The first-order valence-corrected chi connectivity index (χ1v) is 7.15. The van der Waals surface area contributed by atoms with Gasteiger partial charge in [0.25, 0.3) is 0 Å². The van der Waals surface area contributed by atoms with Crippen LogP contribution < -0.4 is 0 Å². The summed E-state index contributed by atoms with van der Waals surface area (Å²) >= 11 is 0. The second-order valence-corrected chi connectivity index (χ2v) is 6.00. The van der Waals surface area contributed by atoms with Crippen LogP contribution in [-0.2, 0) is 4.79 Å². The third kappa shape index (κ3) is 3.37. The summed E-state index contributed by atoms with van der Waals surface area (Å²) in [5, 5.41) is 8.84. The van der Waals surface area contributed by atoms with Crippen molar-refractivity contribution in [1.82, 2.24) is 0 Å². The summed E-state index contributed by atoms with van der Waals surface area (Å²) in [7, 11) is 0. The predicted octanol–water partition coefficient (Wildman–Crippen LogP) is 4.45. The van der Waals surface area contributed by atoms with Crippen molar-refractivity contribution >= 4 is 5.97 Å². The monoisotopic (exact) mass is 262 g/mol. The molecule has 1 aliphatic rings. The average Bonchev–Trinajstić information content (AvgIpc) is 2.35. The minimum atomic E-state index is -0.874. The first-order chi connectivity index (χ1) is 8.83. The van der Waals surface area contributed by atoms with Gasteiger partial charge >= 0.3 is 5.97 Å². The Morgan fingerprint density at radius 3 is 2.47 bits per heavy atom. The van der Waals surface area contributed by atoms with E-state index < -0.39 is 5.97 Å². The Bertz CT molecular complexity index is 413. The molecule has 1 rings (SSSR count). The number of hydrogen-bond acceptors (Lipinski definition) is 1. The predicted molar refractivity (Wildman–Crippen MR) is 79.9 cm³/mol. The van der Waals surface area contributed by atoms with Gasteiger partial charge in [0.2, 0.25) is 0 Å². The number of carboxylic acids is 1. The second kappa shape index (κ2) is 6.23. The lowest BCUT2D eigenvalue weighted by Gasteiger charge is -2.42. The molecule has 2 atom stereocenters. The Labute approximate surface area is 116 Å².